The number of nitro groups is 1. The first-order valence-corrected chi connectivity index (χ1v) is 6.41. The van der Waals surface area contributed by atoms with Crippen molar-refractivity contribution >= 4 is 17.3 Å². The second kappa shape index (κ2) is 5.87. The lowest BCUT2D eigenvalue weighted by Crippen LogP contribution is -2.42. The fraction of sp³-hybridized carbons (Fsp3) is 0.462. The molecular formula is C13H16N2O5. The molecule has 0 aromatic heterocycles. The Hall–Kier alpha value is -2.15. The van der Waals surface area contributed by atoms with E-state index < -0.39 is 10.9 Å². The Morgan fingerprint density at radius 2 is 2.35 bits per heavy atom. The van der Waals surface area contributed by atoms with E-state index in [0.29, 0.717) is 25.4 Å². The van der Waals surface area contributed by atoms with Crippen LogP contribution < -0.4 is 4.90 Å². The molecule has 1 aliphatic heterocycles. The number of anilines is 1. The Morgan fingerprint density at radius 1 is 1.60 bits per heavy atom. The maximum Gasteiger partial charge on any atom is 0.335 e. The van der Waals surface area contributed by atoms with Crippen LogP contribution in [0.5, 0.6) is 0 Å². The molecule has 7 heteroatoms. The molecule has 2 rings (SSSR count). The summed E-state index contributed by atoms with van der Waals surface area (Å²) in [7, 11) is 0. The predicted octanol–water partition coefficient (Wildman–Crippen LogP) is 1.91. The summed E-state index contributed by atoms with van der Waals surface area (Å²) in [6.07, 6.45) is 0.875. The highest BCUT2D eigenvalue weighted by atomic mass is 16.6. The zero-order chi connectivity index (χ0) is 14.7. The molecule has 1 atom stereocenters. The highest BCUT2D eigenvalue weighted by Gasteiger charge is 2.26. The van der Waals surface area contributed by atoms with Crippen LogP contribution >= 0.6 is 0 Å². The van der Waals surface area contributed by atoms with Gasteiger partial charge in [-0.1, -0.05) is 6.92 Å². The lowest BCUT2D eigenvalue weighted by molar-refractivity contribution is -0.384. The zero-order valence-electron chi connectivity index (χ0n) is 11.1. The summed E-state index contributed by atoms with van der Waals surface area (Å²) in [6.45, 7) is 3.64. The molecule has 108 valence electrons. The Kier molecular flexibility index (Phi) is 4.19. The summed E-state index contributed by atoms with van der Waals surface area (Å²) in [5, 5.41) is 20.1. The molecule has 1 heterocycles. The van der Waals surface area contributed by atoms with Crippen molar-refractivity contribution in [2.24, 2.45) is 0 Å². The highest BCUT2D eigenvalue weighted by molar-refractivity contribution is 5.89. The van der Waals surface area contributed by atoms with Gasteiger partial charge < -0.3 is 14.7 Å². The highest BCUT2D eigenvalue weighted by Crippen LogP contribution is 2.30. The molecule has 0 saturated carbocycles. The van der Waals surface area contributed by atoms with Gasteiger partial charge >= 0.3 is 5.97 Å². The van der Waals surface area contributed by atoms with Crippen LogP contribution in [0.4, 0.5) is 11.4 Å². The SMILES string of the molecule is CCC1CN(c2ccc(C(=O)O)cc2[N+](=O)[O-])CCO1. The van der Waals surface area contributed by atoms with Crippen molar-refractivity contribution < 1.29 is 19.6 Å². The molecule has 1 fully saturated rings. The molecule has 0 spiro atoms. The fourth-order valence-corrected chi connectivity index (χ4v) is 2.26. The van der Waals surface area contributed by atoms with Crippen LogP contribution in [0, 0.1) is 10.1 Å². The first-order valence-electron chi connectivity index (χ1n) is 6.41. The van der Waals surface area contributed by atoms with Crippen LogP contribution in [0.3, 0.4) is 0 Å². The largest absolute Gasteiger partial charge is 0.478 e. The van der Waals surface area contributed by atoms with Crippen molar-refractivity contribution in [1.29, 1.82) is 0 Å². The van der Waals surface area contributed by atoms with E-state index >= 15 is 0 Å². The van der Waals surface area contributed by atoms with Gasteiger partial charge in [0.1, 0.15) is 5.69 Å². The summed E-state index contributed by atoms with van der Waals surface area (Å²) in [6, 6.07) is 3.99. The normalized spacial score (nSPS) is 18.9. The van der Waals surface area contributed by atoms with Crippen molar-refractivity contribution in [3.63, 3.8) is 0 Å². The molecule has 1 aliphatic rings. The summed E-state index contributed by atoms with van der Waals surface area (Å²) < 4.78 is 5.54. The van der Waals surface area contributed by atoms with Crippen LogP contribution in [-0.4, -0.2) is 41.8 Å². The number of carbonyl (C=O) groups is 1. The lowest BCUT2D eigenvalue weighted by atomic mass is 10.1. The van der Waals surface area contributed by atoms with Gasteiger partial charge in [-0.05, 0) is 18.6 Å². The number of nitrogens with zero attached hydrogens (tertiary/aromatic N) is 2. The number of ether oxygens (including phenoxy) is 1. The molecule has 1 saturated heterocycles. The van der Waals surface area contributed by atoms with E-state index in [2.05, 4.69) is 0 Å². The number of aromatic carboxylic acids is 1. The number of carboxylic acids is 1. The Labute approximate surface area is 115 Å². The number of nitro benzene ring substituents is 1. The third-order valence-electron chi connectivity index (χ3n) is 3.35. The molecule has 20 heavy (non-hydrogen) atoms. The minimum Gasteiger partial charge on any atom is -0.478 e. The molecule has 1 aromatic rings. The molecule has 1 aromatic carbocycles. The molecule has 1 N–H and O–H groups in total. The van der Waals surface area contributed by atoms with Gasteiger partial charge in [0.15, 0.2) is 0 Å². The second-order valence-electron chi connectivity index (χ2n) is 4.61. The van der Waals surface area contributed by atoms with Crippen molar-refractivity contribution in [1.82, 2.24) is 0 Å². The second-order valence-corrected chi connectivity index (χ2v) is 4.61. The molecule has 0 amide bonds. The van der Waals surface area contributed by atoms with Crippen molar-refractivity contribution in [2.45, 2.75) is 19.4 Å². The first kappa shape index (κ1) is 14.3. The number of carboxylic acid groups (broad SMARTS) is 1. The van der Waals surface area contributed by atoms with Gasteiger partial charge in [-0.15, -0.1) is 0 Å². The third kappa shape index (κ3) is 2.88. The smallest absolute Gasteiger partial charge is 0.335 e. The predicted molar refractivity (Wildman–Crippen MR) is 72.3 cm³/mol. The van der Waals surface area contributed by atoms with Crippen LogP contribution in [0.1, 0.15) is 23.7 Å². The van der Waals surface area contributed by atoms with Gasteiger partial charge in [-0.25, -0.2) is 4.79 Å². The standard InChI is InChI=1S/C13H16N2O5/c1-2-10-8-14(5-6-20-10)11-4-3-9(13(16)17)7-12(11)15(18)19/h3-4,7,10H,2,5-6,8H2,1H3,(H,16,17). The van der Waals surface area contributed by atoms with Gasteiger partial charge in [0.25, 0.3) is 5.69 Å². The van der Waals surface area contributed by atoms with E-state index in [4.69, 9.17) is 9.84 Å². The van der Waals surface area contributed by atoms with E-state index in [-0.39, 0.29) is 17.4 Å². The van der Waals surface area contributed by atoms with Crippen molar-refractivity contribution in [2.75, 3.05) is 24.6 Å². The van der Waals surface area contributed by atoms with E-state index in [1.807, 2.05) is 11.8 Å². The average Bonchev–Trinajstić information content (AvgIpc) is 2.46. The topological polar surface area (TPSA) is 92.9 Å². The maximum atomic E-state index is 11.1. The maximum absolute atomic E-state index is 11.1. The van der Waals surface area contributed by atoms with Gasteiger partial charge in [-0.2, -0.15) is 0 Å². The van der Waals surface area contributed by atoms with Crippen molar-refractivity contribution in [3.05, 3.63) is 33.9 Å². The van der Waals surface area contributed by atoms with Crippen LogP contribution in [0.2, 0.25) is 0 Å². The van der Waals surface area contributed by atoms with Gasteiger partial charge in [0.2, 0.25) is 0 Å². The first-order chi connectivity index (χ1) is 9.52. The van der Waals surface area contributed by atoms with Crippen molar-refractivity contribution in [3.8, 4) is 0 Å². The molecule has 0 radical (unpaired) electrons. The Bertz CT molecular complexity index is 531. The van der Waals surface area contributed by atoms with Crippen LogP contribution in [-0.2, 0) is 4.74 Å². The van der Waals surface area contributed by atoms with Crippen LogP contribution in [0.25, 0.3) is 0 Å². The lowest BCUT2D eigenvalue weighted by Gasteiger charge is -2.33. The van der Waals surface area contributed by atoms with E-state index in [9.17, 15) is 14.9 Å². The third-order valence-corrected chi connectivity index (χ3v) is 3.35. The number of hydrogen-bond acceptors (Lipinski definition) is 5. The Balaban J connectivity index is 2.35. The summed E-state index contributed by atoms with van der Waals surface area (Å²) in [4.78, 5) is 23.4. The van der Waals surface area contributed by atoms with Gasteiger partial charge in [0.05, 0.1) is 23.2 Å². The van der Waals surface area contributed by atoms with Gasteiger partial charge in [-0.3, -0.25) is 10.1 Å². The van der Waals surface area contributed by atoms with E-state index in [1.165, 1.54) is 12.1 Å². The minimum absolute atomic E-state index is 0.0440. The van der Waals surface area contributed by atoms with Gasteiger partial charge in [0, 0.05) is 19.2 Å². The van der Waals surface area contributed by atoms with Crippen LogP contribution in [0.15, 0.2) is 18.2 Å². The summed E-state index contributed by atoms with van der Waals surface area (Å²) in [5.74, 6) is -1.17. The molecule has 1 unspecified atom stereocenters. The quantitative estimate of drug-likeness (QED) is 0.669. The van der Waals surface area contributed by atoms with E-state index in [0.717, 1.165) is 12.5 Å². The fourth-order valence-electron chi connectivity index (χ4n) is 2.26. The zero-order valence-corrected chi connectivity index (χ0v) is 11.1. The average molecular weight is 280 g/mol. The molecule has 0 aliphatic carbocycles. The Morgan fingerprint density at radius 3 is 2.95 bits per heavy atom. The number of morpholine rings is 1. The molecular weight excluding hydrogens is 264 g/mol. The molecule has 7 nitrogen and oxygen atoms in total. The number of hydrogen-bond donors (Lipinski definition) is 1. The summed E-state index contributed by atoms with van der Waals surface area (Å²) in [5.41, 5.74) is 0.184. The molecule has 0 bridgehead atoms. The number of rotatable bonds is 4. The number of benzene rings is 1. The minimum atomic E-state index is -1.17. The summed E-state index contributed by atoms with van der Waals surface area (Å²) >= 11 is 0. The van der Waals surface area contributed by atoms with E-state index in [1.54, 1.807) is 0 Å². The monoisotopic (exact) mass is 280 g/mol.